The summed E-state index contributed by atoms with van der Waals surface area (Å²) in [7, 11) is 3.94. The highest BCUT2D eigenvalue weighted by molar-refractivity contribution is 8.77. The quantitative estimate of drug-likeness (QED) is 0.0978. The van der Waals surface area contributed by atoms with E-state index in [0.717, 1.165) is 106 Å². The van der Waals surface area contributed by atoms with Crippen LogP contribution in [0.1, 0.15) is 146 Å². The third-order valence-corrected chi connectivity index (χ3v) is 19.6. The number of aryl methyl sites for hydroxylation is 1. The predicted octanol–water partition coefficient (Wildman–Crippen LogP) is 7.96. The lowest BCUT2D eigenvalue weighted by Gasteiger charge is -2.44. The first-order valence-electron chi connectivity index (χ1n) is 25.0. The number of esters is 1. The number of rotatable bonds is 3. The van der Waals surface area contributed by atoms with E-state index in [2.05, 4.69) is 40.7 Å². The Morgan fingerprint density at radius 1 is 1.08 bits per heavy atom. The maximum absolute atomic E-state index is 14.7. The molecular weight excluding hydrogens is 869 g/mol. The van der Waals surface area contributed by atoms with E-state index < -0.39 is 17.6 Å². The number of hydrogen-bond donors (Lipinski definition) is 6. The number of carbonyl (C=O) groups is 2. The van der Waals surface area contributed by atoms with Crippen molar-refractivity contribution in [2.45, 2.75) is 165 Å². The van der Waals surface area contributed by atoms with Crippen molar-refractivity contribution in [1.82, 2.24) is 15.5 Å². The molecule has 2 spiro atoms. The zero-order chi connectivity index (χ0) is 45.9. The lowest BCUT2D eigenvalue weighted by Crippen LogP contribution is -2.56. The van der Waals surface area contributed by atoms with E-state index in [1.807, 2.05) is 38.6 Å². The number of nitrogens with two attached hydrogens (primary N) is 2. The van der Waals surface area contributed by atoms with E-state index in [1.54, 1.807) is 0 Å². The lowest BCUT2D eigenvalue weighted by atomic mass is 9.70. The third-order valence-electron chi connectivity index (χ3n) is 16.3. The molecule has 12 nitrogen and oxygen atoms in total. The van der Waals surface area contributed by atoms with Gasteiger partial charge >= 0.3 is 5.97 Å². The highest BCUT2D eigenvalue weighted by Gasteiger charge is 2.59. The van der Waals surface area contributed by atoms with Crippen molar-refractivity contribution >= 4 is 45.5 Å². The van der Waals surface area contributed by atoms with Crippen molar-refractivity contribution in [3.8, 4) is 23.3 Å². The van der Waals surface area contributed by atoms with Gasteiger partial charge in [-0.25, -0.2) is 0 Å². The first-order chi connectivity index (χ1) is 31.9. The molecule has 3 aliphatic carbocycles. The van der Waals surface area contributed by atoms with Crippen LogP contribution >= 0.6 is 21.6 Å². The number of nitrogens with one attached hydrogen (secondary N) is 2. The summed E-state index contributed by atoms with van der Waals surface area (Å²) in [5, 5.41) is 30.6. The van der Waals surface area contributed by atoms with Crippen LogP contribution in [0, 0.1) is 40.4 Å². The standard InChI is InChI=1S/C52H72N6O6S2/c1-34(59)63-42-16-14-38-26-39(47(62)48-43(38)17-15-37-10-7-13-44(37)64-48)32-58-33-50(30-46(58)61,28-36-19-23-55-45(53)25-36)40-11-6-9-35-18-22-51(29-35)20-8-21-52(51,57-49(54)56-31-40)66-65-24-5-3-2-4-12-41(60)27-42/h15,17,19,25-26,35,37,40-42,44,55,60,62H,2-5,7-10,12-14,16,18,20-24,27-33,53H2,1H3,(H3,54,56,57)/t35-,37-,40-,41+,42-,44+,50-,51+,52+/m1/s1. The Kier molecular flexibility index (Phi) is 14.5. The molecule has 5 aliphatic heterocycles. The summed E-state index contributed by atoms with van der Waals surface area (Å²) >= 11 is 0. The van der Waals surface area contributed by atoms with Gasteiger partial charge in [-0.3, -0.25) is 14.6 Å². The predicted molar refractivity (Wildman–Crippen MR) is 264 cm³/mol. The molecule has 14 heteroatoms. The van der Waals surface area contributed by atoms with Gasteiger partial charge in [0.15, 0.2) is 17.5 Å². The van der Waals surface area contributed by atoms with Crippen molar-refractivity contribution in [1.29, 1.82) is 0 Å². The second-order valence-electron chi connectivity index (χ2n) is 20.9. The van der Waals surface area contributed by atoms with E-state index in [9.17, 15) is 19.8 Å². The Bertz CT molecular complexity index is 2190. The molecule has 9 atom stereocenters. The molecule has 0 radical (unpaired) electrons. The summed E-state index contributed by atoms with van der Waals surface area (Å²) in [6.45, 7) is 3.00. The first-order valence-corrected chi connectivity index (χ1v) is 27.4. The van der Waals surface area contributed by atoms with Gasteiger partial charge in [0.1, 0.15) is 17.1 Å². The number of hydrogen-bond acceptors (Lipinski definition) is 13. The van der Waals surface area contributed by atoms with E-state index >= 15 is 0 Å². The molecule has 4 fully saturated rings. The van der Waals surface area contributed by atoms with Crippen LogP contribution in [-0.4, -0.2) is 81.5 Å². The van der Waals surface area contributed by atoms with Gasteiger partial charge in [-0.2, -0.15) is 0 Å². The van der Waals surface area contributed by atoms with E-state index in [1.165, 1.54) is 13.3 Å². The number of phenols is 1. The van der Waals surface area contributed by atoms with Crippen LogP contribution in [0.5, 0.6) is 11.5 Å². The number of aromatic hydroxyl groups is 1. The van der Waals surface area contributed by atoms with Crippen molar-refractivity contribution in [3.05, 3.63) is 52.4 Å². The Balaban J connectivity index is 1.09. The topological polar surface area (TPSA) is 185 Å². The third kappa shape index (κ3) is 10.2. The van der Waals surface area contributed by atoms with Crippen LogP contribution in [0.2, 0.25) is 0 Å². The van der Waals surface area contributed by atoms with Crippen LogP contribution in [0.25, 0.3) is 6.08 Å². The molecule has 9 rings (SSSR count). The minimum absolute atomic E-state index is 0.00257. The van der Waals surface area contributed by atoms with Gasteiger partial charge in [-0.15, -0.1) is 5.92 Å². The monoisotopic (exact) mass is 940 g/mol. The molecule has 8 bridgehead atoms. The van der Waals surface area contributed by atoms with Gasteiger partial charge in [0.2, 0.25) is 5.91 Å². The Labute approximate surface area is 399 Å². The summed E-state index contributed by atoms with van der Waals surface area (Å²) in [5.74, 6) is 10.2. The van der Waals surface area contributed by atoms with E-state index in [0.29, 0.717) is 80.7 Å². The van der Waals surface area contributed by atoms with Gasteiger partial charge in [0.05, 0.1) is 18.5 Å². The van der Waals surface area contributed by atoms with Crippen molar-refractivity contribution < 1.29 is 29.3 Å². The molecular formula is C52H72N6O6S2. The largest absolute Gasteiger partial charge is 0.504 e. The summed E-state index contributed by atoms with van der Waals surface area (Å²) in [4.78, 5) is 33.9. The zero-order valence-corrected chi connectivity index (χ0v) is 40.6. The second-order valence-corrected chi connectivity index (χ2v) is 23.6. The van der Waals surface area contributed by atoms with Gasteiger partial charge < -0.3 is 46.7 Å². The molecule has 1 saturated heterocycles. The van der Waals surface area contributed by atoms with Gasteiger partial charge in [-0.1, -0.05) is 65.0 Å². The number of guanidine groups is 1. The number of aliphatic imine (C=N–C) groups is 1. The Hall–Kier alpha value is -3.93. The number of nitrogens with zero attached hydrogens (tertiary/aromatic N) is 2. The fourth-order valence-electron chi connectivity index (χ4n) is 12.9. The maximum Gasteiger partial charge on any atom is 0.302 e. The number of fused-ring (bicyclic) bond motifs is 12. The molecule has 358 valence electrons. The maximum atomic E-state index is 14.7. The minimum atomic E-state index is -0.615. The molecule has 3 saturated carbocycles. The highest BCUT2D eigenvalue weighted by Crippen LogP contribution is 2.64. The number of aliphatic hydroxyl groups is 1. The Morgan fingerprint density at radius 3 is 2.82 bits per heavy atom. The summed E-state index contributed by atoms with van der Waals surface area (Å²) in [6.07, 6.45) is 25.0. The number of amides is 1. The molecule has 5 heterocycles. The van der Waals surface area contributed by atoms with Crippen LogP contribution in [0.4, 0.5) is 0 Å². The summed E-state index contributed by atoms with van der Waals surface area (Å²) in [6, 6.07) is 2.02. The number of benzene rings is 1. The van der Waals surface area contributed by atoms with Gasteiger partial charge in [-0.05, 0) is 119 Å². The fourth-order valence-corrected chi connectivity index (χ4v) is 16.4. The molecule has 0 aromatic heterocycles. The van der Waals surface area contributed by atoms with Crippen molar-refractivity contribution in [2.75, 3.05) is 25.4 Å². The van der Waals surface area contributed by atoms with Crippen LogP contribution in [0.3, 0.4) is 0 Å². The molecule has 8 N–H and O–H groups in total. The van der Waals surface area contributed by atoms with Crippen LogP contribution in [0.15, 0.2) is 40.7 Å². The molecule has 8 aliphatic rings. The lowest BCUT2D eigenvalue weighted by molar-refractivity contribution is -0.148. The molecule has 66 heavy (non-hydrogen) atoms. The number of aliphatic hydroxyl groups excluding tert-OH is 1. The fraction of sp³-hybridized carbons (Fsp3) is 0.673. The number of allylic oxidation sites excluding steroid dienone is 2. The molecule has 1 amide bonds. The smallest absolute Gasteiger partial charge is 0.302 e. The first kappa shape index (κ1) is 47.1. The molecule has 1 aromatic rings. The minimum Gasteiger partial charge on any atom is -0.504 e. The molecule has 1 aromatic carbocycles. The average Bonchev–Trinajstić information content (AvgIpc) is 4.03. The van der Waals surface area contributed by atoms with E-state index in [-0.39, 0.29) is 58.8 Å². The Morgan fingerprint density at radius 2 is 1.95 bits per heavy atom. The van der Waals surface area contributed by atoms with Gasteiger partial charge in [0.25, 0.3) is 0 Å². The van der Waals surface area contributed by atoms with E-state index in [4.69, 9.17) is 25.9 Å². The van der Waals surface area contributed by atoms with Crippen LogP contribution in [-0.2, 0) is 27.3 Å². The summed E-state index contributed by atoms with van der Waals surface area (Å²) in [5.41, 5.74) is 16.3. The molecule has 0 unspecified atom stereocenters. The van der Waals surface area contributed by atoms with Crippen LogP contribution < -0.4 is 26.8 Å². The zero-order valence-electron chi connectivity index (χ0n) is 38.9. The average molecular weight is 941 g/mol. The van der Waals surface area contributed by atoms with Gasteiger partial charge in [0, 0.05) is 85.4 Å². The SMILES string of the molecule is CC(=O)O[C@@H]1CCc2cc(c(O)c3c2C=C[C@H]2CCC[C@@H]2O3)CN2C[C@@](CC3=CCNC(N)=C3)(CC2=O)[C@@H]2C#CC[C@@H]3CC[C@@]4(CCC[C@]4(NC(N)=NC2)SSCCCCCC[C@H](O)C1)C3. The normalized spacial score (nSPS) is 35.2. The number of carbonyl (C=O) groups excluding carboxylic acids is 2. The van der Waals surface area contributed by atoms with Crippen molar-refractivity contribution in [2.24, 2.45) is 45.0 Å². The number of phenolic OH excluding ortho intramolecular Hbond substituents is 1. The van der Waals surface area contributed by atoms with Crippen molar-refractivity contribution in [3.63, 3.8) is 0 Å². The number of ether oxygens (including phenoxy) is 2. The highest BCUT2D eigenvalue weighted by atomic mass is 33.1. The second kappa shape index (κ2) is 20.3. The summed E-state index contributed by atoms with van der Waals surface area (Å²) < 4.78 is 12.6. The number of dihydropyridines is 1.